The van der Waals surface area contributed by atoms with Crippen LogP contribution < -0.4 is 5.32 Å². The summed E-state index contributed by atoms with van der Waals surface area (Å²) in [7, 11) is -0.663. The van der Waals surface area contributed by atoms with Crippen LogP contribution in [0.5, 0.6) is 0 Å². The molecule has 5 atom stereocenters. The minimum absolute atomic E-state index is 0.167. The predicted molar refractivity (Wildman–Crippen MR) is 151 cm³/mol. The molecular weight excluding hydrogens is 506 g/mol. The summed E-state index contributed by atoms with van der Waals surface area (Å²) in [5, 5.41) is 61.3. The van der Waals surface area contributed by atoms with Crippen LogP contribution in [0.1, 0.15) is 52.3 Å². The van der Waals surface area contributed by atoms with Crippen LogP contribution in [-0.4, -0.2) is 92.2 Å². The lowest BCUT2D eigenvalue weighted by atomic mass is 9.93. The van der Waals surface area contributed by atoms with Gasteiger partial charge in [-0.15, -0.1) is 0 Å². The van der Waals surface area contributed by atoms with Crippen LogP contribution in [0.2, 0.25) is 0 Å². The Bertz CT molecular complexity index is 1040. The Balaban J connectivity index is 1.54. The van der Waals surface area contributed by atoms with Gasteiger partial charge >= 0.3 is 0 Å². The van der Waals surface area contributed by atoms with Crippen molar-refractivity contribution in [2.75, 3.05) is 31.8 Å². The summed E-state index contributed by atoms with van der Waals surface area (Å²) in [5.41, 5.74) is 4.29. The quantitative estimate of drug-likeness (QED) is 0.145. The molecule has 1 unspecified atom stereocenters. The molecule has 0 aromatic heterocycles. The molecule has 2 aromatic rings. The highest BCUT2D eigenvalue weighted by atomic mass is 32.2. The van der Waals surface area contributed by atoms with Gasteiger partial charge in [0.15, 0.2) is 0 Å². The molecule has 7 N–H and O–H groups in total. The number of carbonyl (C=O) groups excluding carboxylic acids is 1. The average Bonchev–Trinajstić information content (AvgIpc) is 2.91. The first-order valence-electron chi connectivity index (χ1n) is 13.2. The van der Waals surface area contributed by atoms with E-state index in [0.717, 1.165) is 30.4 Å². The first-order chi connectivity index (χ1) is 18.1. The number of aryl methyl sites for hydroxylation is 2. The van der Waals surface area contributed by atoms with Gasteiger partial charge in [0, 0.05) is 17.4 Å². The lowest BCUT2D eigenvalue weighted by Gasteiger charge is -2.42. The first kappa shape index (κ1) is 30.6. The molecule has 0 spiro atoms. The molecule has 0 aliphatic carbocycles. The SMILES string of the molecule is Cc1ccc([C@H]2[C@H](O)[C@H](O)[C@H](O)C[SH]2C)cc1Cc1ccc(CCCCC(=O)NC(CO)(CO)CO)cc1. The van der Waals surface area contributed by atoms with E-state index < -0.39 is 54.6 Å². The molecule has 1 saturated heterocycles. The van der Waals surface area contributed by atoms with Crippen molar-refractivity contribution in [1.29, 1.82) is 0 Å². The monoisotopic (exact) mass is 549 g/mol. The van der Waals surface area contributed by atoms with Crippen LogP contribution in [0.3, 0.4) is 0 Å². The summed E-state index contributed by atoms with van der Waals surface area (Å²) in [6, 6.07) is 14.6. The average molecular weight is 550 g/mol. The summed E-state index contributed by atoms with van der Waals surface area (Å²) in [6.07, 6.45) is 2.37. The summed E-state index contributed by atoms with van der Waals surface area (Å²) < 4.78 is 0. The predicted octanol–water partition coefficient (Wildman–Crippen LogP) is 0.899. The van der Waals surface area contributed by atoms with Crippen molar-refractivity contribution < 1.29 is 35.4 Å². The van der Waals surface area contributed by atoms with E-state index in [2.05, 4.69) is 54.9 Å². The lowest BCUT2D eigenvalue weighted by molar-refractivity contribution is -0.125. The Morgan fingerprint density at radius 2 is 1.58 bits per heavy atom. The molecule has 0 bridgehead atoms. The molecule has 1 aliphatic rings. The molecule has 1 amide bonds. The highest BCUT2D eigenvalue weighted by Gasteiger charge is 2.40. The minimum Gasteiger partial charge on any atom is -0.394 e. The van der Waals surface area contributed by atoms with Crippen LogP contribution >= 0.6 is 10.9 Å². The molecule has 212 valence electrons. The smallest absolute Gasteiger partial charge is 0.220 e. The third-order valence-electron chi connectivity index (χ3n) is 7.58. The van der Waals surface area contributed by atoms with Crippen molar-refractivity contribution in [3.05, 3.63) is 70.3 Å². The Morgan fingerprint density at radius 1 is 0.947 bits per heavy atom. The number of unbranched alkanes of at least 4 members (excludes halogenated alkanes) is 1. The van der Waals surface area contributed by atoms with Gasteiger partial charge < -0.3 is 36.0 Å². The highest BCUT2D eigenvalue weighted by Crippen LogP contribution is 2.48. The maximum atomic E-state index is 12.1. The van der Waals surface area contributed by atoms with Crippen molar-refractivity contribution >= 4 is 16.8 Å². The van der Waals surface area contributed by atoms with Crippen molar-refractivity contribution in [3.63, 3.8) is 0 Å². The number of thiol groups is 1. The molecule has 0 saturated carbocycles. The van der Waals surface area contributed by atoms with Gasteiger partial charge in [0.1, 0.15) is 11.6 Å². The number of amides is 1. The number of hydrogen-bond acceptors (Lipinski definition) is 7. The standard InChI is InChI=1S/C29H43NO7S/c1-19-7-12-22(28-27(37)26(36)24(34)15-38(28)2)14-23(19)13-21-10-8-20(9-11-21)5-3-4-6-25(35)30-29(16-31,17-32)18-33/h7-12,14,24,26-28,31-34,36-38H,3-6,13,15-18H2,1-2H3,(H,30,35)/t24-,26-,27-,28+/m1/s1. The molecule has 38 heavy (non-hydrogen) atoms. The topological polar surface area (TPSA) is 150 Å². The van der Waals surface area contributed by atoms with Crippen LogP contribution in [-0.2, 0) is 17.6 Å². The molecule has 8 nitrogen and oxygen atoms in total. The van der Waals surface area contributed by atoms with Gasteiger partial charge in [0.2, 0.25) is 5.91 Å². The van der Waals surface area contributed by atoms with E-state index in [1.54, 1.807) is 0 Å². The summed E-state index contributed by atoms with van der Waals surface area (Å²) in [5.74, 6) is 0.208. The number of rotatable bonds is 12. The molecule has 0 radical (unpaired) electrons. The largest absolute Gasteiger partial charge is 0.394 e. The van der Waals surface area contributed by atoms with E-state index in [0.29, 0.717) is 12.2 Å². The molecule has 1 aliphatic heterocycles. The van der Waals surface area contributed by atoms with Crippen molar-refractivity contribution in [2.24, 2.45) is 0 Å². The maximum absolute atomic E-state index is 12.1. The van der Waals surface area contributed by atoms with Gasteiger partial charge in [0.05, 0.1) is 32.0 Å². The lowest BCUT2D eigenvalue weighted by Crippen LogP contribution is -2.57. The Hall–Kier alpha value is -1.98. The number of hydrogen-bond donors (Lipinski definition) is 8. The third-order valence-corrected chi connectivity index (χ3v) is 10.1. The summed E-state index contributed by atoms with van der Waals surface area (Å²) in [4.78, 5) is 12.1. The first-order valence-corrected chi connectivity index (χ1v) is 15.2. The second kappa shape index (κ2) is 13.9. The van der Waals surface area contributed by atoms with Crippen LogP contribution in [0.4, 0.5) is 0 Å². The maximum Gasteiger partial charge on any atom is 0.220 e. The zero-order chi connectivity index (χ0) is 27.9. The fraction of sp³-hybridized carbons (Fsp3) is 0.552. The molecule has 1 fully saturated rings. The number of nitrogens with one attached hydrogen (secondary N) is 1. The van der Waals surface area contributed by atoms with Crippen LogP contribution in [0, 0.1) is 6.92 Å². The Morgan fingerprint density at radius 3 is 2.21 bits per heavy atom. The zero-order valence-electron chi connectivity index (χ0n) is 22.3. The van der Waals surface area contributed by atoms with E-state index in [1.807, 2.05) is 6.07 Å². The summed E-state index contributed by atoms with van der Waals surface area (Å²) >= 11 is 0. The van der Waals surface area contributed by atoms with E-state index in [-0.39, 0.29) is 17.6 Å². The molecule has 1 heterocycles. The molecule has 9 heteroatoms. The van der Waals surface area contributed by atoms with Crippen LogP contribution in [0.15, 0.2) is 42.5 Å². The van der Waals surface area contributed by atoms with Crippen LogP contribution in [0.25, 0.3) is 0 Å². The van der Waals surface area contributed by atoms with E-state index in [4.69, 9.17) is 0 Å². The fourth-order valence-corrected chi connectivity index (χ4v) is 7.40. The van der Waals surface area contributed by atoms with Gasteiger partial charge in [-0.05, 0) is 66.7 Å². The molecule has 2 aromatic carbocycles. The second-order valence-electron chi connectivity index (χ2n) is 10.6. The number of carbonyl (C=O) groups is 1. The van der Waals surface area contributed by atoms with Gasteiger partial charge in [-0.25, -0.2) is 10.9 Å². The number of benzene rings is 2. The Kier molecular flexibility index (Phi) is 11.2. The van der Waals surface area contributed by atoms with Crippen molar-refractivity contribution in [1.82, 2.24) is 5.32 Å². The molecule has 3 rings (SSSR count). The zero-order valence-corrected chi connectivity index (χ0v) is 23.1. The van der Waals surface area contributed by atoms with Gasteiger partial charge in [0.25, 0.3) is 0 Å². The van der Waals surface area contributed by atoms with Crippen molar-refractivity contribution in [2.45, 2.75) is 68.1 Å². The second-order valence-corrected chi connectivity index (χ2v) is 13.1. The van der Waals surface area contributed by atoms with E-state index in [1.165, 1.54) is 16.7 Å². The molecular formula is C29H43NO7S. The number of aliphatic hydroxyl groups excluding tert-OH is 6. The minimum atomic E-state index is -1.39. The van der Waals surface area contributed by atoms with E-state index in [9.17, 15) is 35.4 Å². The highest BCUT2D eigenvalue weighted by molar-refractivity contribution is 8.16. The van der Waals surface area contributed by atoms with Gasteiger partial charge in [-0.2, -0.15) is 0 Å². The number of aliphatic hydroxyl groups is 6. The van der Waals surface area contributed by atoms with Gasteiger partial charge in [-0.3, -0.25) is 4.79 Å². The normalized spacial score (nSPS) is 24.8. The Labute approximate surface area is 227 Å². The fourth-order valence-electron chi connectivity index (χ4n) is 4.99. The third kappa shape index (κ3) is 7.57. The van der Waals surface area contributed by atoms with Gasteiger partial charge in [-0.1, -0.05) is 42.5 Å². The van der Waals surface area contributed by atoms with E-state index >= 15 is 0 Å². The van der Waals surface area contributed by atoms with Crippen molar-refractivity contribution in [3.8, 4) is 0 Å². The summed E-state index contributed by atoms with van der Waals surface area (Å²) in [6.45, 7) is 0.479.